The van der Waals surface area contributed by atoms with E-state index in [9.17, 15) is 13.4 Å². The van der Waals surface area contributed by atoms with E-state index in [1.807, 2.05) is 0 Å². The predicted molar refractivity (Wildman–Crippen MR) is 72.5 cm³/mol. The van der Waals surface area contributed by atoms with Gasteiger partial charge in [-0.05, 0) is 6.42 Å². The van der Waals surface area contributed by atoms with Gasteiger partial charge in [-0.15, -0.1) is 0 Å². The third-order valence-electron chi connectivity index (χ3n) is 2.89. The summed E-state index contributed by atoms with van der Waals surface area (Å²) in [5.74, 6) is -0.238. The summed E-state index contributed by atoms with van der Waals surface area (Å²) in [5.41, 5.74) is 0.988. The Morgan fingerprint density at radius 3 is 2.79 bits per heavy atom. The standard InChI is InChI=1S/C12H15FN2O3S/c1-18-11-6-10-9(5-7(11)13)15-12(16)8(14-10)3-4-19(2)17/h5-6,8,14H,3-4H2,1-2H3,(H,15,16). The minimum absolute atomic E-state index is 0.111. The van der Waals surface area contributed by atoms with E-state index < -0.39 is 22.7 Å². The molecule has 2 N–H and O–H groups in total. The fraction of sp³-hybridized carbons (Fsp3) is 0.417. The number of carbonyl (C=O) groups is 1. The van der Waals surface area contributed by atoms with Crippen molar-refractivity contribution in [2.75, 3.05) is 29.8 Å². The van der Waals surface area contributed by atoms with Crippen LogP contribution in [-0.2, 0) is 15.6 Å². The first-order chi connectivity index (χ1) is 9.01. The quantitative estimate of drug-likeness (QED) is 0.876. The van der Waals surface area contributed by atoms with E-state index in [0.717, 1.165) is 0 Å². The molecule has 0 saturated heterocycles. The molecule has 1 aromatic rings. The second-order valence-electron chi connectivity index (χ2n) is 4.28. The highest BCUT2D eigenvalue weighted by atomic mass is 32.2. The van der Waals surface area contributed by atoms with Crippen molar-refractivity contribution in [2.45, 2.75) is 12.5 Å². The molecular formula is C12H15FN2O3S. The summed E-state index contributed by atoms with van der Waals surface area (Å²) in [6.45, 7) is 0. The van der Waals surface area contributed by atoms with Crippen LogP contribution in [0.3, 0.4) is 0 Å². The van der Waals surface area contributed by atoms with Gasteiger partial charge in [-0.1, -0.05) is 0 Å². The van der Waals surface area contributed by atoms with Crippen molar-refractivity contribution in [1.82, 2.24) is 0 Å². The van der Waals surface area contributed by atoms with Gasteiger partial charge in [-0.3, -0.25) is 9.00 Å². The number of amides is 1. The van der Waals surface area contributed by atoms with Gasteiger partial charge in [0.25, 0.3) is 0 Å². The van der Waals surface area contributed by atoms with Gasteiger partial charge in [0.2, 0.25) is 5.91 Å². The van der Waals surface area contributed by atoms with Gasteiger partial charge in [-0.2, -0.15) is 0 Å². The number of carbonyl (C=O) groups excluding carboxylic acids is 1. The molecule has 0 radical (unpaired) electrons. The van der Waals surface area contributed by atoms with E-state index in [1.165, 1.54) is 19.2 Å². The molecule has 0 fully saturated rings. The van der Waals surface area contributed by atoms with Crippen LogP contribution in [0.25, 0.3) is 0 Å². The molecule has 0 bridgehead atoms. The molecule has 2 atom stereocenters. The van der Waals surface area contributed by atoms with Crippen LogP contribution < -0.4 is 15.4 Å². The Balaban J connectivity index is 2.21. The molecular weight excluding hydrogens is 271 g/mol. The smallest absolute Gasteiger partial charge is 0.246 e. The summed E-state index contributed by atoms with van der Waals surface area (Å²) in [5, 5.41) is 5.64. The molecule has 1 heterocycles. The summed E-state index contributed by atoms with van der Waals surface area (Å²) < 4.78 is 29.5. The van der Waals surface area contributed by atoms with E-state index in [4.69, 9.17) is 4.74 Å². The number of halogens is 1. The van der Waals surface area contributed by atoms with Gasteiger partial charge in [-0.25, -0.2) is 4.39 Å². The molecule has 0 saturated carbocycles. The summed E-state index contributed by atoms with van der Waals surface area (Å²) in [4.78, 5) is 11.8. The monoisotopic (exact) mass is 286 g/mol. The van der Waals surface area contributed by atoms with Crippen molar-refractivity contribution in [3.8, 4) is 5.75 Å². The first kappa shape index (κ1) is 13.8. The average Bonchev–Trinajstić information content (AvgIpc) is 2.35. The topological polar surface area (TPSA) is 67.4 Å². The molecule has 0 aromatic heterocycles. The maximum Gasteiger partial charge on any atom is 0.246 e. The highest BCUT2D eigenvalue weighted by molar-refractivity contribution is 7.84. The highest BCUT2D eigenvalue weighted by Gasteiger charge is 2.26. The van der Waals surface area contributed by atoms with E-state index in [1.54, 1.807) is 6.26 Å². The molecule has 1 aromatic carbocycles. The highest BCUT2D eigenvalue weighted by Crippen LogP contribution is 2.33. The van der Waals surface area contributed by atoms with Crippen LogP contribution >= 0.6 is 0 Å². The largest absolute Gasteiger partial charge is 0.494 e. The van der Waals surface area contributed by atoms with E-state index in [-0.39, 0.29) is 11.7 Å². The minimum Gasteiger partial charge on any atom is -0.494 e. The summed E-state index contributed by atoms with van der Waals surface area (Å²) in [6.07, 6.45) is 2.04. The molecule has 7 heteroatoms. The Morgan fingerprint density at radius 1 is 1.42 bits per heavy atom. The van der Waals surface area contributed by atoms with Gasteiger partial charge >= 0.3 is 0 Å². The minimum atomic E-state index is -0.954. The van der Waals surface area contributed by atoms with Crippen molar-refractivity contribution in [2.24, 2.45) is 0 Å². The maximum absolute atomic E-state index is 13.5. The Labute approximate surface area is 113 Å². The van der Waals surface area contributed by atoms with Gasteiger partial charge in [0, 0.05) is 34.9 Å². The van der Waals surface area contributed by atoms with Crippen LogP contribution in [0.5, 0.6) is 5.75 Å². The lowest BCUT2D eigenvalue weighted by Crippen LogP contribution is -2.39. The number of ether oxygens (including phenoxy) is 1. The third-order valence-corrected chi connectivity index (χ3v) is 3.70. The molecule has 2 unspecified atom stereocenters. The van der Waals surface area contributed by atoms with Crippen LogP contribution in [0.4, 0.5) is 15.8 Å². The van der Waals surface area contributed by atoms with Crippen LogP contribution in [0.15, 0.2) is 12.1 Å². The third kappa shape index (κ3) is 3.04. The van der Waals surface area contributed by atoms with Crippen molar-refractivity contribution >= 4 is 28.1 Å². The number of hydrogen-bond acceptors (Lipinski definition) is 4. The van der Waals surface area contributed by atoms with Gasteiger partial charge in [0.15, 0.2) is 11.6 Å². The van der Waals surface area contributed by atoms with Gasteiger partial charge in [0.1, 0.15) is 6.04 Å². The zero-order valence-electron chi connectivity index (χ0n) is 10.7. The van der Waals surface area contributed by atoms with Gasteiger partial charge < -0.3 is 15.4 Å². The molecule has 1 aliphatic heterocycles. The molecule has 19 heavy (non-hydrogen) atoms. The lowest BCUT2D eigenvalue weighted by atomic mass is 10.1. The molecule has 2 rings (SSSR count). The zero-order chi connectivity index (χ0) is 14.0. The van der Waals surface area contributed by atoms with E-state index in [0.29, 0.717) is 23.5 Å². The number of methoxy groups -OCH3 is 1. The average molecular weight is 286 g/mol. The van der Waals surface area contributed by atoms with Crippen molar-refractivity contribution < 1.29 is 18.1 Å². The number of benzene rings is 1. The summed E-state index contributed by atoms with van der Waals surface area (Å²) in [7, 11) is 0.425. The molecule has 5 nitrogen and oxygen atoms in total. The molecule has 0 aliphatic carbocycles. The second kappa shape index (κ2) is 5.56. The molecule has 1 amide bonds. The van der Waals surface area contributed by atoms with E-state index in [2.05, 4.69) is 10.6 Å². The number of fused-ring (bicyclic) bond motifs is 1. The van der Waals surface area contributed by atoms with Crippen LogP contribution in [0.2, 0.25) is 0 Å². The first-order valence-electron chi connectivity index (χ1n) is 5.76. The van der Waals surface area contributed by atoms with Crippen molar-refractivity contribution in [1.29, 1.82) is 0 Å². The maximum atomic E-state index is 13.5. The number of anilines is 2. The number of rotatable bonds is 4. The first-order valence-corrected chi connectivity index (χ1v) is 7.49. The predicted octanol–water partition coefficient (Wildman–Crippen LogP) is 1.34. The Hall–Kier alpha value is -1.63. The summed E-state index contributed by atoms with van der Waals surface area (Å²) >= 11 is 0. The van der Waals surface area contributed by atoms with Crippen LogP contribution in [0.1, 0.15) is 6.42 Å². The van der Waals surface area contributed by atoms with Crippen LogP contribution in [0, 0.1) is 5.82 Å². The van der Waals surface area contributed by atoms with Crippen LogP contribution in [-0.4, -0.2) is 35.3 Å². The van der Waals surface area contributed by atoms with Crippen molar-refractivity contribution in [3.05, 3.63) is 17.9 Å². The SMILES string of the molecule is COc1cc2c(cc1F)NC(=O)C(CCS(C)=O)N2. The lowest BCUT2D eigenvalue weighted by molar-refractivity contribution is -0.117. The normalized spacial score (nSPS) is 19.1. The molecule has 104 valence electrons. The van der Waals surface area contributed by atoms with E-state index >= 15 is 0 Å². The molecule has 1 aliphatic rings. The Morgan fingerprint density at radius 2 is 2.16 bits per heavy atom. The molecule has 0 spiro atoms. The fourth-order valence-electron chi connectivity index (χ4n) is 1.89. The Bertz CT molecular complexity index is 536. The fourth-order valence-corrected chi connectivity index (χ4v) is 2.46. The van der Waals surface area contributed by atoms with Gasteiger partial charge in [0.05, 0.1) is 18.5 Å². The van der Waals surface area contributed by atoms with Crippen molar-refractivity contribution in [3.63, 3.8) is 0 Å². The lowest BCUT2D eigenvalue weighted by Gasteiger charge is -2.27. The summed E-state index contributed by atoms with van der Waals surface area (Å²) in [6, 6.07) is 2.25. The Kier molecular flexibility index (Phi) is 4.04. The number of hydrogen-bond donors (Lipinski definition) is 2. The zero-order valence-corrected chi connectivity index (χ0v) is 11.5. The number of nitrogens with one attached hydrogen (secondary N) is 2. The second-order valence-corrected chi connectivity index (χ2v) is 5.84.